The van der Waals surface area contributed by atoms with Gasteiger partial charge in [-0.15, -0.1) is 0 Å². The van der Waals surface area contributed by atoms with Gasteiger partial charge in [-0.05, 0) is 64.2 Å². The Morgan fingerprint density at radius 3 is 1.31 bits per heavy atom. The maximum Gasteiger partial charge on any atom is 0.160 e. The van der Waals surface area contributed by atoms with Crippen LogP contribution in [0.5, 0.6) is 0 Å². The van der Waals surface area contributed by atoms with Crippen molar-refractivity contribution in [2.24, 2.45) is 0 Å². The third kappa shape index (κ3) is 6.06. The van der Waals surface area contributed by atoms with Gasteiger partial charge in [0.15, 0.2) is 5.82 Å². The fourth-order valence-electron chi connectivity index (χ4n) is 7.60. The number of rotatable bonds is 7. The smallest absolute Gasteiger partial charge is 0.160 e. The third-order valence-electron chi connectivity index (χ3n) is 10.3. The molecule has 3 aromatic heterocycles. The Morgan fingerprint density at radius 2 is 0.782 bits per heavy atom. The largest absolute Gasteiger partial charge is 0.307 e. The van der Waals surface area contributed by atoms with Gasteiger partial charge >= 0.3 is 0 Å². The van der Waals surface area contributed by atoms with E-state index in [9.17, 15) is 0 Å². The van der Waals surface area contributed by atoms with Crippen molar-refractivity contribution in [3.63, 3.8) is 0 Å². The molecule has 55 heavy (non-hydrogen) atoms. The summed E-state index contributed by atoms with van der Waals surface area (Å²) in [5.41, 5.74) is 15.1. The molecule has 0 spiro atoms. The average Bonchev–Trinajstić information content (AvgIpc) is 3.60. The van der Waals surface area contributed by atoms with Crippen LogP contribution in [-0.2, 0) is 0 Å². The first kappa shape index (κ1) is 32.2. The minimum atomic E-state index is 0.703. The van der Waals surface area contributed by atoms with E-state index in [0.717, 1.165) is 55.9 Å². The van der Waals surface area contributed by atoms with Crippen molar-refractivity contribution < 1.29 is 0 Å². The monoisotopic (exact) mass is 702 g/mol. The summed E-state index contributed by atoms with van der Waals surface area (Å²) in [4.78, 5) is 14.7. The molecular weight excluding hydrogens is 669 g/mol. The summed E-state index contributed by atoms with van der Waals surface area (Å²) < 4.78 is 2.37. The minimum absolute atomic E-state index is 0.703. The van der Waals surface area contributed by atoms with Gasteiger partial charge in [0.05, 0.1) is 34.3 Å². The topological polar surface area (TPSA) is 43.6 Å². The number of hydrogen-bond donors (Lipinski definition) is 0. The summed E-state index contributed by atoms with van der Waals surface area (Å²) >= 11 is 0. The van der Waals surface area contributed by atoms with Crippen LogP contribution in [0.2, 0.25) is 0 Å². The number of hydrogen-bond acceptors (Lipinski definition) is 3. The predicted molar refractivity (Wildman–Crippen MR) is 227 cm³/mol. The van der Waals surface area contributed by atoms with E-state index in [4.69, 9.17) is 9.97 Å². The summed E-state index contributed by atoms with van der Waals surface area (Å²) in [5, 5.41) is 2.40. The van der Waals surface area contributed by atoms with Crippen LogP contribution in [0, 0.1) is 0 Å². The van der Waals surface area contributed by atoms with Gasteiger partial charge < -0.3 is 4.57 Å². The Bertz CT molecular complexity index is 2780. The number of nitrogens with zero attached hydrogens (tertiary/aromatic N) is 4. The molecule has 0 aliphatic carbocycles. The van der Waals surface area contributed by atoms with Crippen molar-refractivity contribution in [3.05, 3.63) is 207 Å². The van der Waals surface area contributed by atoms with Crippen molar-refractivity contribution in [2.75, 3.05) is 0 Å². The molecule has 0 fully saturated rings. The molecule has 258 valence electrons. The molecule has 10 aromatic rings. The first-order valence-electron chi connectivity index (χ1n) is 18.5. The SMILES string of the molecule is c1ccc(-c2ccc3c(c2)c2cc(-c4ccccc4)ccc2n3-c2cnccc2-c2ccc(-c3cc(-c4ccccc4)nc(-c4ccccc4)n3)cc2)cc1. The van der Waals surface area contributed by atoms with Crippen molar-refractivity contribution in [3.8, 4) is 73.0 Å². The fourth-order valence-corrected chi connectivity index (χ4v) is 7.60. The minimum Gasteiger partial charge on any atom is -0.307 e. The summed E-state index contributed by atoms with van der Waals surface area (Å²) in [6, 6.07) is 68.2. The van der Waals surface area contributed by atoms with Crippen molar-refractivity contribution in [2.45, 2.75) is 0 Å². The van der Waals surface area contributed by atoms with E-state index in [1.54, 1.807) is 0 Å². The molecule has 0 amide bonds. The lowest BCUT2D eigenvalue weighted by molar-refractivity contribution is 1.14. The highest BCUT2D eigenvalue weighted by Crippen LogP contribution is 2.40. The van der Waals surface area contributed by atoms with Crippen molar-refractivity contribution in [1.82, 2.24) is 19.5 Å². The van der Waals surface area contributed by atoms with Crippen LogP contribution < -0.4 is 0 Å². The third-order valence-corrected chi connectivity index (χ3v) is 10.3. The maximum atomic E-state index is 5.06. The van der Waals surface area contributed by atoms with Gasteiger partial charge in [-0.3, -0.25) is 4.98 Å². The highest BCUT2D eigenvalue weighted by atomic mass is 15.0. The van der Waals surface area contributed by atoms with Crippen LogP contribution in [0.1, 0.15) is 0 Å². The van der Waals surface area contributed by atoms with Gasteiger partial charge in [0.25, 0.3) is 0 Å². The molecule has 7 aromatic carbocycles. The van der Waals surface area contributed by atoms with E-state index in [1.807, 2.05) is 48.8 Å². The molecule has 10 rings (SSSR count). The molecule has 4 heteroatoms. The Hall–Kier alpha value is -7.43. The van der Waals surface area contributed by atoms with Crippen molar-refractivity contribution >= 4 is 21.8 Å². The fraction of sp³-hybridized carbons (Fsp3) is 0. The molecule has 4 nitrogen and oxygen atoms in total. The molecule has 0 N–H and O–H groups in total. The quantitative estimate of drug-likeness (QED) is 0.166. The van der Waals surface area contributed by atoms with Gasteiger partial charge in [0.1, 0.15) is 0 Å². The van der Waals surface area contributed by atoms with Gasteiger partial charge in [0.2, 0.25) is 0 Å². The van der Waals surface area contributed by atoms with Crippen LogP contribution in [-0.4, -0.2) is 19.5 Å². The molecule has 0 radical (unpaired) electrons. The van der Waals surface area contributed by atoms with E-state index in [2.05, 4.69) is 167 Å². The number of fused-ring (bicyclic) bond motifs is 3. The van der Waals surface area contributed by atoms with Crippen LogP contribution in [0.4, 0.5) is 0 Å². The zero-order valence-electron chi connectivity index (χ0n) is 29.9. The van der Waals surface area contributed by atoms with Crippen molar-refractivity contribution in [1.29, 1.82) is 0 Å². The van der Waals surface area contributed by atoms with Gasteiger partial charge in [-0.1, -0.05) is 158 Å². The van der Waals surface area contributed by atoms with E-state index in [-0.39, 0.29) is 0 Å². The van der Waals surface area contributed by atoms with Gasteiger partial charge in [0, 0.05) is 39.2 Å². The maximum absolute atomic E-state index is 5.06. The normalized spacial score (nSPS) is 11.3. The summed E-state index contributed by atoms with van der Waals surface area (Å²) in [7, 11) is 0. The molecule has 0 unspecified atom stereocenters. The second-order valence-corrected chi connectivity index (χ2v) is 13.7. The second kappa shape index (κ2) is 13.8. The average molecular weight is 703 g/mol. The molecule has 0 aliphatic rings. The van der Waals surface area contributed by atoms with Crippen LogP contribution in [0.15, 0.2) is 207 Å². The summed E-state index contributed by atoms with van der Waals surface area (Å²) in [6.45, 7) is 0. The number of pyridine rings is 1. The molecule has 0 aliphatic heterocycles. The zero-order chi connectivity index (χ0) is 36.6. The second-order valence-electron chi connectivity index (χ2n) is 13.7. The van der Waals surface area contributed by atoms with Gasteiger partial charge in [-0.25, -0.2) is 9.97 Å². The Balaban J connectivity index is 1.10. The van der Waals surface area contributed by atoms with Crippen LogP contribution in [0.25, 0.3) is 94.8 Å². The van der Waals surface area contributed by atoms with Crippen LogP contribution in [0.3, 0.4) is 0 Å². The summed E-state index contributed by atoms with van der Waals surface area (Å²) in [6.07, 6.45) is 3.87. The Labute approximate surface area is 319 Å². The molecule has 0 atom stereocenters. The zero-order valence-corrected chi connectivity index (χ0v) is 29.9. The van der Waals surface area contributed by atoms with E-state index >= 15 is 0 Å². The molecular formula is C51H34N4. The molecule has 0 saturated heterocycles. The lowest BCUT2D eigenvalue weighted by Gasteiger charge is -2.14. The number of aromatic nitrogens is 4. The van der Waals surface area contributed by atoms with E-state index in [0.29, 0.717) is 5.82 Å². The lowest BCUT2D eigenvalue weighted by Crippen LogP contribution is -1.98. The number of benzene rings is 7. The first-order chi connectivity index (χ1) is 27.3. The standard InChI is InChI=1S/C51H34N4/c1-5-13-35(14-6-1)41-25-27-48-44(31-41)45-32-42(36-15-7-2-8-16-36)26-28-49(45)55(48)50-34-52-30-29-43(50)37-21-23-39(24-22-37)47-33-46(38-17-9-3-10-18-38)53-51(54-47)40-19-11-4-12-20-40/h1-34H. The lowest BCUT2D eigenvalue weighted by atomic mass is 10.0. The predicted octanol–water partition coefficient (Wildman–Crippen LogP) is 13.0. The molecule has 0 saturated carbocycles. The molecule has 0 bridgehead atoms. The Morgan fingerprint density at radius 1 is 0.345 bits per heavy atom. The van der Waals surface area contributed by atoms with E-state index in [1.165, 1.54) is 33.0 Å². The van der Waals surface area contributed by atoms with Gasteiger partial charge in [-0.2, -0.15) is 0 Å². The highest BCUT2D eigenvalue weighted by molar-refractivity contribution is 6.12. The summed E-state index contributed by atoms with van der Waals surface area (Å²) in [5.74, 6) is 0.703. The van der Waals surface area contributed by atoms with E-state index < -0.39 is 0 Å². The first-order valence-corrected chi connectivity index (χ1v) is 18.5. The Kier molecular flexibility index (Phi) is 8.12. The van der Waals surface area contributed by atoms with Crippen LogP contribution >= 0.6 is 0 Å². The molecule has 3 heterocycles. The highest BCUT2D eigenvalue weighted by Gasteiger charge is 2.18.